The lowest BCUT2D eigenvalue weighted by Crippen LogP contribution is -2.73. The highest BCUT2D eigenvalue weighted by atomic mass is 16.6. The maximum Gasteiger partial charge on any atom is 0.410 e. The smallest absolute Gasteiger partial charge is 0.410 e. The second kappa shape index (κ2) is 6.65. The van der Waals surface area contributed by atoms with Gasteiger partial charge in [-0.3, -0.25) is 9.59 Å². The van der Waals surface area contributed by atoms with E-state index in [-0.39, 0.29) is 23.3 Å². The van der Waals surface area contributed by atoms with E-state index >= 15 is 0 Å². The van der Waals surface area contributed by atoms with Crippen LogP contribution < -0.4 is 5.32 Å². The van der Waals surface area contributed by atoms with Gasteiger partial charge in [0.15, 0.2) is 0 Å². The zero-order chi connectivity index (χ0) is 20.0. The van der Waals surface area contributed by atoms with Gasteiger partial charge in [0.25, 0.3) is 0 Å². The van der Waals surface area contributed by atoms with Crippen LogP contribution in [-0.2, 0) is 14.3 Å². The van der Waals surface area contributed by atoms with E-state index in [1.54, 1.807) is 18.7 Å². The van der Waals surface area contributed by atoms with Crippen molar-refractivity contribution >= 4 is 17.9 Å². The van der Waals surface area contributed by atoms with Crippen LogP contribution in [0.1, 0.15) is 34.6 Å². The molecule has 4 rings (SSSR count). The fourth-order valence-electron chi connectivity index (χ4n) is 4.09. The second-order valence-corrected chi connectivity index (χ2v) is 9.69. The summed E-state index contributed by atoms with van der Waals surface area (Å²) >= 11 is 0. The summed E-state index contributed by atoms with van der Waals surface area (Å²) in [6.45, 7) is 16.0. The third kappa shape index (κ3) is 4.20. The standard InChI is InChI=1S/C12H20N2O3.C7H12N2O/c1-9(15)13-5-12(6-13)7-14(8-12)10(16)17-11(2,3)4;1-6(10)9-4-7(5-9)2-8-3-7/h5-8H2,1-4H3;8H,2-5H2,1H3. The van der Waals surface area contributed by atoms with Gasteiger partial charge in [-0.05, 0) is 20.8 Å². The molecule has 4 fully saturated rings. The molecular weight excluding hydrogens is 348 g/mol. The lowest BCUT2D eigenvalue weighted by atomic mass is 9.73. The molecule has 0 unspecified atom stereocenters. The number of carbonyl (C=O) groups is 3. The molecule has 0 radical (unpaired) electrons. The van der Waals surface area contributed by atoms with Crippen molar-refractivity contribution in [1.82, 2.24) is 20.0 Å². The molecule has 2 spiro atoms. The van der Waals surface area contributed by atoms with Crippen LogP contribution in [0.5, 0.6) is 0 Å². The Morgan fingerprint density at radius 3 is 1.52 bits per heavy atom. The Labute approximate surface area is 161 Å². The molecule has 8 nitrogen and oxygen atoms in total. The minimum absolute atomic E-state index is 0.117. The topological polar surface area (TPSA) is 82.2 Å². The molecule has 152 valence electrons. The minimum Gasteiger partial charge on any atom is -0.444 e. The molecule has 0 bridgehead atoms. The number of likely N-dealkylation sites (tertiary alicyclic amines) is 3. The Morgan fingerprint density at radius 1 is 0.778 bits per heavy atom. The summed E-state index contributed by atoms with van der Waals surface area (Å²) < 4.78 is 5.28. The van der Waals surface area contributed by atoms with Crippen molar-refractivity contribution in [3.05, 3.63) is 0 Å². The van der Waals surface area contributed by atoms with Crippen molar-refractivity contribution in [2.45, 2.75) is 40.2 Å². The third-order valence-corrected chi connectivity index (χ3v) is 5.70. The van der Waals surface area contributed by atoms with Gasteiger partial charge in [-0.1, -0.05) is 0 Å². The van der Waals surface area contributed by atoms with E-state index in [0.717, 1.165) is 39.3 Å². The first kappa shape index (κ1) is 19.9. The van der Waals surface area contributed by atoms with E-state index < -0.39 is 5.60 Å². The molecule has 8 heteroatoms. The number of carbonyl (C=O) groups excluding carboxylic acids is 3. The molecule has 27 heavy (non-hydrogen) atoms. The number of nitrogens with one attached hydrogen (secondary N) is 1. The number of rotatable bonds is 0. The zero-order valence-corrected chi connectivity index (χ0v) is 17.1. The number of ether oxygens (including phenoxy) is 1. The van der Waals surface area contributed by atoms with Crippen LogP contribution in [0.15, 0.2) is 0 Å². The van der Waals surface area contributed by atoms with E-state index in [1.807, 2.05) is 30.6 Å². The highest BCUT2D eigenvalue weighted by Gasteiger charge is 2.54. The predicted octanol–water partition coefficient (Wildman–Crippen LogP) is 0.524. The quantitative estimate of drug-likeness (QED) is 0.663. The van der Waals surface area contributed by atoms with Crippen LogP contribution in [0.4, 0.5) is 4.79 Å². The van der Waals surface area contributed by atoms with E-state index in [2.05, 4.69) is 5.32 Å². The van der Waals surface area contributed by atoms with Crippen molar-refractivity contribution in [2.24, 2.45) is 10.8 Å². The van der Waals surface area contributed by atoms with Gasteiger partial charge in [-0.15, -0.1) is 0 Å². The SMILES string of the molecule is CC(=O)N1CC2(C1)CN(C(=O)OC(C)(C)C)C2.CC(=O)N1CC2(CNC2)C1. The molecule has 0 saturated carbocycles. The molecule has 4 heterocycles. The van der Waals surface area contributed by atoms with Gasteiger partial charge in [-0.25, -0.2) is 4.79 Å². The highest BCUT2D eigenvalue weighted by molar-refractivity contribution is 5.75. The van der Waals surface area contributed by atoms with Crippen LogP contribution in [0.3, 0.4) is 0 Å². The highest BCUT2D eigenvalue weighted by Crippen LogP contribution is 2.40. The lowest BCUT2D eigenvalue weighted by Gasteiger charge is -2.59. The Kier molecular flexibility index (Phi) is 4.91. The van der Waals surface area contributed by atoms with Gasteiger partial charge in [-0.2, -0.15) is 0 Å². The van der Waals surface area contributed by atoms with Crippen LogP contribution in [0, 0.1) is 10.8 Å². The van der Waals surface area contributed by atoms with Crippen molar-refractivity contribution in [2.75, 3.05) is 52.4 Å². The minimum atomic E-state index is -0.440. The fraction of sp³-hybridized carbons (Fsp3) is 0.842. The summed E-state index contributed by atoms with van der Waals surface area (Å²) in [5.41, 5.74) is 0.207. The van der Waals surface area contributed by atoms with E-state index in [9.17, 15) is 14.4 Å². The summed E-state index contributed by atoms with van der Waals surface area (Å²) in [4.78, 5) is 39.0. The Morgan fingerprint density at radius 2 is 1.19 bits per heavy atom. The molecule has 0 aromatic heterocycles. The monoisotopic (exact) mass is 380 g/mol. The average Bonchev–Trinajstić information content (AvgIpc) is 2.28. The van der Waals surface area contributed by atoms with E-state index in [1.165, 1.54) is 0 Å². The first-order chi connectivity index (χ1) is 12.4. The van der Waals surface area contributed by atoms with E-state index in [0.29, 0.717) is 18.5 Å². The molecule has 0 atom stereocenters. The van der Waals surface area contributed by atoms with Crippen molar-refractivity contribution in [3.63, 3.8) is 0 Å². The lowest BCUT2D eigenvalue weighted by molar-refractivity contribution is -0.154. The normalized spacial score (nSPS) is 24.0. The molecule has 0 aliphatic carbocycles. The predicted molar refractivity (Wildman–Crippen MR) is 100 cm³/mol. The maximum absolute atomic E-state index is 11.7. The van der Waals surface area contributed by atoms with Gasteiger partial charge < -0.3 is 24.8 Å². The van der Waals surface area contributed by atoms with Gasteiger partial charge >= 0.3 is 6.09 Å². The molecule has 0 aromatic rings. The van der Waals surface area contributed by atoms with Gasteiger partial charge in [0.05, 0.1) is 0 Å². The summed E-state index contributed by atoms with van der Waals surface area (Å²) in [5, 5.41) is 3.23. The molecule has 4 aliphatic rings. The van der Waals surface area contributed by atoms with E-state index in [4.69, 9.17) is 4.74 Å². The summed E-state index contributed by atoms with van der Waals surface area (Å²) in [7, 11) is 0. The summed E-state index contributed by atoms with van der Waals surface area (Å²) in [6, 6.07) is 0. The molecule has 4 saturated heterocycles. The van der Waals surface area contributed by atoms with Crippen molar-refractivity contribution in [1.29, 1.82) is 0 Å². The molecule has 1 N–H and O–H groups in total. The second-order valence-electron chi connectivity index (χ2n) is 9.69. The average molecular weight is 380 g/mol. The Hall–Kier alpha value is -1.83. The Balaban J connectivity index is 0.000000177. The number of amides is 3. The Bertz CT molecular complexity index is 616. The van der Waals surface area contributed by atoms with Crippen LogP contribution >= 0.6 is 0 Å². The zero-order valence-electron chi connectivity index (χ0n) is 17.1. The fourth-order valence-corrected chi connectivity index (χ4v) is 4.09. The van der Waals surface area contributed by atoms with Gasteiger partial charge in [0, 0.05) is 77.0 Å². The van der Waals surface area contributed by atoms with Gasteiger partial charge in [0.2, 0.25) is 11.8 Å². The largest absolute Gasteiger partial charge is 0.444 e. The molecular formula is C19H32N4O4. The van der Waals surface area contributed by atoms with Crippen LogP contribution in [-0.4, -0.2) is 90.6 Å². The van der Waals surface area contributed by atoms with Crippen LogP contribution in [0.25, 0.3) is 0 Å². The molecule has 4 aliphatic heterocycles. The maximum atomic E-state index is 11.7. The third-order valence-electron chi connectivity index (χ3n) is 5.70. The number of nitrogens with zero attached hydrogens (tertiary/aromatic N) is 3. The van der Waals surface area contributed by atoms with Crippen LogP contribution in [0.2, 0.25) is 0 Å². The van der Waals surface area contributed by atoms with Crippen molar-refractivity contribution in [3.8, 4) is 0 Å². The number of hydrogen-bond acceptors (Lipinski definition) is 5. The first-order valence-corrected chi connectivity index (χ1v) is 9.62. The van der Waals surface area contributed by atoms with Crippen molar-refractivity contribution < 1.29 is 19.1 Å². The first-order valence-electron chi connectivity index (χ1n) is 9.62. The molecule has 3 amide bonds. The number of hydrogen-bond donors (Lipinski definition) is 1. The van der Waals surface area contributed by atoms with Gasteiger partial charge in [0.1, 0.15) is 5.60 Å². The summed E-state index contributed by atoms with van der Waals surface area (Å²) in [5.74, 6) is 0.337. The summed E-state index contributed by atoms with van der Waals surface area (Å²) in [6.07, 6.45) is -0.246. The molecule has 0 aromatic carbocycles.